The number of carboxylic acid groups (broad SMARTS) is 1. The minimum Gasteiger partial charge on any atom is -0.496 e. The number of carbonyl (C=O) groups is 1. The first-order valence-corrected chi connectivity index (χ1v) is 10.9. The van der Waals surface area contributed by atoms with Crippen LogP contribution < -0.4 is 14.8 Å². The number of halogens is 2. The zero-order chi connectivity index (χ0) is 25.1. The molecule has 0 saturated carbocycles. The molecule has 2 heterocycles. The van der Waals surface area contributed by atoms with Crippen LogP contribution in [0.25, 0.3) is 22.2 Å². The van der Waals surface area contributed by atoms with Crippen LogP contribution in [0.1, 0.15) is 23.0 Å². The highest BCUT2D eigenvalue weighted by Crippen LogP contribution is 2.33. The molecular weight excluding hydrogens is 458 g/mol. The zero-order valence-electron chi connectivity index (χ0n) is 19.4. The highest BCUT2D eigenvalue weighted by molar-refractivity contribution is 5.92. The third kappa shape index (κ3) is 4.72. The Morgan fingerprint density at radius 1 is 1.14 bits per heavy atom. The summed E-state index contributed by atoms with van der Waals surface area (Å²) in [4.78, 5) is 19.9. The molecule has 35 heavy (non-hydrogen) atoms. The van der Waals surface area contributed by atoms with E-state index in [-0.39, 0.29) is 22.6 Å². The third-order valence-corrected chi connectivity index (χ3v) is 5.58. The van der Waals surface area contributed by atoms with Gasteiger partial charge in [-0.15, -0.1) is 0 Å². The van der Waals surface area contributed by atoms with Crippen molar-refractivity contribution in [2.45, 2.75) is 20.4 Å². The van der Waals surface area contributed by atoms with Crippen molar-refractivity contribution in [3.8, 4) is 22.8 Å². The molecule has 4 aromatic rings. The Kier molecular flexibility index (Phi) is 6.81. The van der Waals surface area contributed by atoms with Gasteiger partial charge in [-0.05, 0) is 32.0 Å². The highest BCUT2D eigenvalue weighted by atomic mass is 19.2. The number of hydrogen-bond donors (Lipinski definition) is 2. The molecule has 0 amide bonds. The van der Waals surface area contributed by atoms with Crippen LogP contribution in [-0.2, 0) is 6.54 Å². The summed E-state index contributed by atoms with van der Waals surface area (Å²) < 4.78 is 41.1. The number of nitrogens with zero attached hydrogens (tertiary/aromatic N) is 3. The molecule has 0 atom stereocenters. The molecule has 0 bridgehead atoms. The minimum absolute atomic E-state index is 0.0672. The van der Waals surface area contributed by atoms with E-state index >= 15 is 0 Å². The van der Waals surface area contributed by atoms with Gasteiger partial charge in [0.15, 0.2) is 11.6 Å². The Morgan fingerprint density at radius 3 is 2.66 bits per heavy atom. The van der Waals surface area contributed by atoms with Crippen LogP contribution in [0.4, 0.5) is 14.6 Å². The Hall–Kier alpha value is -4.21. The van der Waals surface area contributed by atoms with Gasteiger partial charge in [0.05, 0.1) is 24.9 Å². The van der Waals surface area contributed by atoms with E-state index in [4.69, 9.17) is 9.47 Å². The van der Waals surface area contributed by atoms with Crippen LogP contribution >= 0.6 is 0 Å². The highest BCUT2D eigenvalue weighted by Gasteiger charge is 2.19. The summed E-state index contributed by atoms with van der Waals surface area (Å²) in [5.74, 6) is -1.92. The molecule has 0 saturated heterocycles. The number of ether oxygens (including phenoxy) is 2. The molecule has 0 radical (unpaired) electrons. The fourth-order valence-electron chi connectivity index (χ4n) is 3.97. The van der Waals surface area contributed by atoms with Gasteiger partial charge in [-0.3, -0.25) is 0 Å². The fourth-order valence-corrected chi connectivity index (χ4v) is 3.97. The van der Waals surface area contributed by atoms with Gasteiger partial charge in [0, 0.05) is 41.9 Å². The Labute approximate surface area is 200 Å². The number of methoxy groups -OCH3 is 1. The van der Waals surface area contributed by atoms with Crippen molar-refractivity contribution < 1.29 is 28.2 Å². The quantitative estimate of drug-likeness (QED) is 0.350. The molecule has 0 aliphatic heterocycles. The first-order chi connectivity index (χ1) is 16.8. The van der Waals surface area contributed by atoms with E-state index in [1.807, 2.05) is 6.92 Å². The Balaban J connectivity index is 1.55. The molecule has 4 rings (SSSR count). The van der Waals surface area contributed by atoms with Crippen LogP contribution in [0.3, 0.4) is 0 Å². The molecule has 10 heteroatoms. The molecule has 0 fully saturated rings. The average Bonchev–Trinajstić information content (AvgIpc) is 3.18. The smallest absolute Gasteiger partial charge is 0.339 e. The normalized spacial score (nSPS) is 11.0. The summed E-state index contributed by atoms with van der Waals surface area (Å²) >= 11 is 0. The summed E-state index contributed by atoms with van der Waals surface area (Å²) in [7, 11) is 1.42. The van der Waals surface area contributed by atoms with Crippen LogP contribution in [0, 0.1) is 18.6 Å². The number of aromatic nitrogens is 3. The lowest BCUT2D eigenvalue weighted by atomic mass is 10.1. The summed E-state index contributed by atoms with van der Waals surface area (Å²) in [5, 5.41) is 13.0. The zero-order valence-corrected chi connectivity index (χ0v) is 19.4. The molecule has 0 spiro atoms. The molecule has 8 nitrogen and oxygen atoms in total. The monoisotopic (exact) mass is 482 g/mol. The maximum absolute atomic E-state index is 14.6. The number of carboxylic acids is 1. The van der Waals surface area contributed by atoms with E-state index < -0.39 is 17.6 Å². The van der Waals surface area contributed by atoms with Crippen LogP contribution in [0.5, 0.6) is 11.5 Å². The number of aryl methyl sites for hydroxylation is 1. The van der Waals surface area contributed by atoms with Crippen LogP contribution in [-0.4, -0.2) is 45.9 Å². The van der Waals surface area contributed by atoms with Crippen molar-refractivity contribution in [2.75, 3.05) is 25.6 Å². The first-order valence-electron chi connectivity index (χ1n) is 10.9. The van der Waals surface area contributed by atoms with E-state index in [0.717, 1.165) is 11.8 Å². The minimum atomic E-state index is -1.08. The summed E-state index contributed by atoms with van der Waals surface area (Å²) in [6.07, 6.45) is 1.39. The lowest BCUT2D eigenvalue weighted by Gasteiger charge is -2.12. The van der Waals surface area contributed by atoms with Crippen molar-refractivity contribution in [3.63, 3.8) is 0 Å². The SMILES string of the molecule is CCOc1cc(-c2cc(NCCn3c(C)cc4c(OC)cc(F)c(F)c43)ncn2)ccc1C(=O)O. The van der Waals surface area contributed by atoms with E-state index in [9.17, 15) is 18.7 Å². The maximum atomic E-state index is 14.6. The van der Waals surface area contributed by atoms with E-state index in [0.29, 0.717) is 42.2 Å². The largest absolute Gasteiger partial charge is 0.496 e. The van der Waals surface area contributed by atoms with Crippen LogP contribution in [0.15, 0.2) is 42.7 Å². The van der Waals surface area contributed by atoms with Gasteiger partial charge in [0.25, 0.3) is 0 Å². The van der Waals surface area contributed by atoms with Gasteiger partial charge >= 0.3 is 5.97 Å². The van der Waals surface area contributed by atoms with Gasteiger partial charge in [-0.25, -0.2) is 23.5 Å². The number of aromatic carboxylic acids is 1. The number of benzene rings is 2. The lowest BCUT2D eigenvalue weighted by molar-refractivity contribution is 0.0692. The number of anilines is 1. The predicted molar refractivity (Wildman–Crippen MR) is 127 cm³/mol. The molecule has 182 valence electrons. The Morgan fingerprint density at radius 2 is 1.94 bits per heavy atom. The Bertz CT molecular complexity index is 1400. The van der Waals surface area contributed by atoms with Gasteiger partial charge in [-0.2, -0.15) is 0 Å². The predicted octanol–water partition coefficient (Wildman–Crippen LogP) is 4.90. The summed E-state index contributed by atoms with van der Waals surface area (Å²) in [5.41, 5.74) is 2.21. The van der Waals surface area contributed by atoms with E-state index in [1.165, 1.54) is 19.5 Å². The lowest BCUT2D eigenvalue weighted by Crippen LogP contribution is -2.13. The summed E-state index contributed by atoms with van der Waals surface area (Å²) in [6, 6.07) is 9.27. The molecule has 0 aliphatic rings. The van der Waals surface area contributed by atoms with Crippen molar-refractivity contribution in [2.24, 2.45) is 0 Å². The first kappa shape index (κ1) is 23.9. The maximum Gasteiger partial charge on any atom is 0.339 e. The molecule has 0 unspecified atom stereocenters. The molecular formula is C25H24F2N4O4. The molecule has 2 aromatic carbocycles. The van der Waals surface area contributed by atoms with Crippen molar-refractivity contribution in [1.29, 1.82) is 0 Å². The molecule has 2 aromatic heterocycles. The van der Waals surface area contributed by atoms with Gasteiger partial charge in [0.1, 0.15) is 29.2 Å². The fraction of sp³-hybridized carbons (Fsp3) is 0.240. The number of fused-ring (bicyclic) bond motifs is 1. The topological polar surface area (TPSA) is 98.5 Å². The number of rotatable bonds is 9. The van der Waals surface area contributed by atoms with E-state index in [1.54, 1.807) is 35.8 Å². The summed E-state index contributed by atoms with van der Waals surface area (Å²) in [6.45, 7) is 4.64. The molecule has 2 N–H and O–H groups in total. The van der Waals surface area contributed by atoms with Gasteiger partial charge in [-0.1, -0.05) is 6.07 Å². The average molecular weight is 482 g/mol. The molecule has 0 aliphatic carbocycles. The second-order valence-corrected chi connectivity index (χ2v) is 7.74. The number of hydrogen-bond acceptors (Lipinski definition) is 6. The van der Waals surface area contributed by atoms with Crippen LogP contribution in [0.2, 0.25) is 0 Å². The van der Waals surface area contributed by atoms with Crippen molar-refractivity contribution in [1.82, 2.24) is 14.5 Å². The van der Waals surface area contributed by atoms with E-state index in [2.05, 4.69) is 15.3 Å². The third-order valence-electron chi connectivity index (χ3n) is 5.58. The van der Waals surface area contributed by atoms with Crippen molar-refractivity contribution in [3.05, 3.63) is 65.6 Å². The number of nitrogens with one attached hydrogen (secondary N) is 1. The van der Waals surface area contributed by atoms with Gasteiger partial charge in [0.2, 0.25) is 0 Å². The van der Waals surface area contributed by atoms with Gasteiger partial charge < -0.3 is 24.5 Å². The van der Waals surface area contributed by atoms with Crippen molar-refractivity contribution >= 4 is 22.7 Å². The second-order valence-electron chi connectivity index (χ2n) is 7.74. The second kappa shape index (κ2) is 9.96. The standard InChI is InChI=1S/C25H24F2N4O4/c1-4-35-21-10-15(5-6-16(21)25(32)33)19-12-22(30-13-29-19)28-7-8-31-14(2)9-17-20(34-3)11-18(26)23(27)24(17)31/h5-6,9-13H,4,7-8H2,1-3H3,(H,32,33)(H,28,29,30).